The Morgan fingerprint density at radius 3 is 1.83 bits per heavy atom. The number of sulfonamides is 1. The molecule has 6 aromatic carbocycles. The van der Waals surface area contributed by atoms with Gasteiger partial charge in [-0.3, -0.25) is 18.0 Å². The summed E-state index contributed by atoms with van der Waals surface area (Å²) in [6.07, 6.45) is 0. The molecule has 0 radical (unpaired) electrons. The zero-order valence-corrected chi connectivity index (χ0v) is 39.2. The lowest BCUT2D eigenvalue weighted by atomic mass is 10.1. The standard InChI is InChI=1S/C36H30N8O20S6/c37-33-32-19(15-29(65-63-61-48)34(36(32)47)42-41-27-12-10-25(18-30(27)69(54,55)56)67(50,51)14-13-60-66-64-62-49)16-31(70(57,58)59)35(33)43-39-21-5-8-24(9-6-21)68(52,53)44-22-3-1-20(2-4-22)38-40-26-11-7-23(45)17-28(26)46/h1-12,15-18,44-49H,13-14,37H2,(H,54,55,56)(H,57,58,59). The molecule has 0 spiro atoms. The van der Waals surface area contributed by atoms with Crippen molar-refractivity contribution >= 4 is 121 Å². The topological polar surface area (TPSA) is 437 Å². The number of nitrogen functional groups attached to an aromatic ring is 1. The van der Waals surface area contributed by atoms with Crippen molar-refractivity contribution in [3.05, 3.63) is 97.1 Å². The second-order valence-electron chi connectivity index (χ2n) is 13.4. The molecule has 0 saturated heterocycles. The van der Waals surface area contributed by atoms with Gasteiger partial charge in [0.25, 0.3) is 30.3 Å². The van der Waals surface area contributed by atoms with Gasteiger partial charge in [-0.05, 0) is 96.4 Å². The molecule has 0 bridgehead atoms. The number of aromatic hydroxyl groups is 3. The van der Waals surface area contributed by atoms with E-state index in [0.29, 0.717) is 11.8 Å². The Hall–Kier alpha value is -6.48. The molecule has 0 fully saturated rings. The molecule has 0 aliphatic carbocycles. The number of sulfone groups is 1. The van der Waals surface area contributed by atoms with Crippen LogP contribution in [-0.4, -0.2) is 81.0 Å². The van der Waals surface area contributed by atoms with E-state index >= 15 is 0 Å². The minimum atomic E-state index is -5.25. The average molecular weight is 1090 g/mol. The number of nitrogens with zero attached hydrogens (tertiary/aromatic N) is 6. The van der Waals surface area contributed by atoms with Crippen LogP contribution in [0.25, 0.3) is 10.8 Å². The maximum atomic E-state index is 13.2. The molecular formula is C36H30N8O20S6. The van der Waals surface area contributed by atoms with Crippen LogP contribution in [0.15, 0.2) is 152 Å². The molecule has 0 aliphatic heterocycles. The van der Waals surface area contributed by atoms with Gasteiger partial charge in [0.15, 0.2) is 27.9 Å². The summed E-state index contributed by atoms with van der Waals surface area (Å²) in [6, 6.07) is 18.0. The van der Waals surface area contributed by atoms with Crippen LogP contribution in [0, 0.1) is 0 Å². The monoisotopic (exact) mass is 1090 g/mol. The van der Waals surface area contributed by atoms with Gasteiger partial charge >= 0.3 is 0 Å². The lowest BCUT2D eigenvalue weighted by Gasteiger charge is -2.14. The van der Waals surface area contributed by atoms with Gasteiger partial charge in [0.2, 0.25) is 0 Å². The number of hydrogen-bond donors (Lipinski definition) is 9. The molecule has 0 saturated carbocycles. The van der Waals surface area contributed by atoms with Gasteiger partial charge in [0, 0.05) is 11.8 Å². The van der Waals surface area contributed by atoms with E-state index < -0.39 is 101 Å². The molecule has 34 heteroatoms. The predicted octanol–water partition coefficient (Wildman–Crippen LogP) is 8.28. The Labute approximate surface area is 402 Å². The summed E-state index contributed by atoms with van der Waals surface area (Å²) in [5, 5.41) is 77.3. The van der Waals surface area contributed by atoms with Gasteiger partial charge in [0.05, 0.1) is 61.5 Å². The minimum Gasteiger partial charge on any atom is -0.508 e. The second-order valence-corrected chi connectivity index (χ2v) is 21.2. The largest absolute Gasteiger partial charge is 0.508 e. The highest BCUT2D eigenvalue weighted by atomic mass is 32.2. The minimum absolute atomic E-state index is 0.0714. The number of rotatable bonds is 21. The van der Waals surface area contributed by atoms with Crippen LogP contribution in [-0.2, 0) is 63.0 Å². The van der Waals surface area contributed by atoms with Crippen LogP contribution in [0.1, 0.15) is 0 Å². The van der Waals surface area contributed by atoms with Crippen molar-refractivity contribution < 1.29 is 91.5 Å². The van der Waals surface area contributed by atoms with E-state index in [1.165, 1.54) is 48.5 Å². The highest BCUT2D eigenvalue weighted by Crippen LogP contribution is 2.50. The molecule has 0 aliphatic rings. The molecule has 0 aromatic heterocycles. The van der Waals surface area contributed by atoms with Gasteiger partial charge in [0.1, 0.15) is 44.0 Å². The van der Waals surface area contributed by atoms with Crippen molar-refractivity contribution in [2.24, 2.45) is 30.7 Å². The van der Waals surface area contributed by atoms with E-state index in [1.54, 1.807) is 0 Å². The molecule has 0 amide bonds. The number of phenolic OH excluding ortho intramolecular Hbond substituents is 3. The highest BCUT2D eigenvalue weighted by Gasteiger charge is 2.27. The van der Waals surface area contributed by atoms with Crippen molar-refractivity contribution in [3.63, 3.8) is 0 Å². The molecule has 6 aromatic rings. The highest BCUT2D eigenvalue weighted by molar-refractivity contribution is 7.94. The molecule has 10 N–H and O–H groups in total. The summed E-state index contributed by atoms with van der Waals surface area (Å²) in [5.41, 5.74) is 3.98. The molecule has 0 atom stereocenters. The summed E-state index contributed by atoms with van der Waals surface area (Å²) in [6.45, 7) is -0.551. The van der Waals surface area contributed by atoms with E-state index in [0.717, 1.165) is 42.5 Å². The smallest absolute Gasteiger partial charge is 0.296 e. The molecule has 370 valence electrons. The second kappa shape index (κ2) is 22.1. The Bertz CT molecular complexity index is 3500. The van der Waals surface area contributed by atoms with Gasteiger partial charge in [-0.2, -0.15) is 27.1 Å². The van der Waals surface area contributed by atoms with Crippen LogP contribution in [0.3, 0.4) is 0 Å². The van der Waals surface area contributed by atoms with E-state index in [1.807, 2.05) is 0 Å². The van der Waals surface area contributed by atoms with Gasteiger partial charge in [-0.1, -0.05) is 10.1 Å². The zero-order valence-electron chi connectivity index (χ0n) is 34.3. The third-order valence-corrected chi connectivity index (χ3v) is 14.7. The number of phenols is 3. The molecular weight excluding hydrogens is 1060 g/mol. The molecule has 0 unspecified atom stereocenters. The fraction of sp³-hybridized carbons (Fsp3) is 0.0556. The third kappa shape index (κ3) is 13.0. The van der Waals surface area contributed by atoms with Crippen molar-refractivity contribution in [1.82, 2.24) is 0 Å². The van der Waals surface area contributed by atoms with Crippen LogP contribution >= 0.6 is 24.4 Å². The fourth-order valence-electron chi connectivity index (χ4n) is 5.75. The van der Waals surface area contributed by atoms with Crippen molar-refractivity contribution in [2.75, 3.05) is 22.8 Å². The summed E-state index contributed by atoms with van der Waals surface area (Å²) >= 11 is 0.217. The summed E-state index contributed by atoms with van der Waals surface area (Å²) in [4.78, 5) is -3.28. The first-order valence-corrected chi connectivity index (χ1v) is 25.8. The summed E-state index contributed by atoms with van der Waals surface area (Å²) < 4.78 is 138. The van der Waals surface area contributed by atoms with Crippen molar-refractivity contribution in [3.8, 4) is 17.2 Å². The van der Waals surface area contributed by atoms with Crippen molar-refractivity contribution in [2.45, 2.75) is 24.5 Å². The number of benzene rings is 6. The maximum absolute atomic E-state index is 13.2. The van der Waals surface area contributed by atoms with E-state index in [2.05, 4.69) is 54.2 Å². The molecule has 70 heavy (non-hydrogen) atoms. The van der Waals surface area contributed by atoms with E-state index in [4.69, 9.17) is 20.4 Å². The number of nitrogens with one attached hydrogen (secondary N) is 1. The van der Waals surface area contributed by atoms with Crippen LogP contribution in [0.2, 0.25) is 0 Å². The SMILES string of the molecule is Nc1c(N=Nc2ccc(S(=O)(=O)Nc3ccc(N=Nc4ccc(O)cc4O)cc3)cc2)c(S(=O)(=O)O)cc2cc(SOOO)c(N=Nc3ccc(S(=O)(=O)CCOSOOO)cc3S(=O)(=O)O)c(O)c12. The predicted molar refractivity (Wildman–Crippen MR) is 243 cm³/mol. The number of hydrogen-bond acceptors (Lipinski definition) is 27. The van der Waals surface area contributed by atoms with Gasteiger partial charge < -0.3 is 21.1 Å². The Morgan fingerprint density at radius 1 is 0.614 bits per heavy atom. The van der Waals surface area contributed by atoms with Crippen molar-refractivity contribution in [1.29, 1.82) is 0 Å². The lowest BCUT2D eigenvalue weighted by Crippen LogP contribution is -2.12. The van der Waals surface area contributed by atoms with E-state index in [-0.39, 0.29) is 68.1 Å². The Balaban J connectivity index is 1.30. The Morgan fingerprint density at radius 2 is 1.20 bits per heavy atom. The number of azo groups is 3. The van der Waals surface area contributed by atoms with E-state index in [9.17, 15) is 58.1 Å². The van der Waals surface area contributed by atoms with Gasteiger partial charge in [-0.25, -0.2) is 27.4 Å². The van der Waals surface area contributed by atoms with Crippen LogP contribution in [0.5, 0.6) is 17.2 Å². The fourth-order valence-corrected chi connectivity index (χ4v) is 10.1. The first kappa shape index (κ1) is 52.9. The number of anilines is 2. The first-order valence-electron chi connectivity index (χ1n) is 18.4. The number of nitrogens with two attached hydrogens (primary N) is 1. The third-order valence-electron chi connectivity index (χ3n) is 8.88. The summed E-state index contributed by atoms with van der Waals surface area (Å²) in [5.74, 6) is -2.20. The van der Waals surface area contributed by atoms with Gasteiger partial charge in [-0.15, -0.1) is 29.1 Å². The molecule has 28 nitrogen and oxygen atoms in total. The quantitative estimate of drug-likeness (QED) is 0.00622. The molecule has 0 heterocycles. The summed E-state index contributed by atoms with van der Waals surface area (Å²) in [7, 11) is -19.0. The Kier molecular flexibility index (Phi) is 16.7. The van der Waals surface area contributed by atoms with Crippen LogP contribution in [0.4, 0.5) is 45.5 Å². The average Bonchev–Trinajstić information content (AvgIpc) is 3.29. The molecule has 6 rings (SSSR count). The first-order chi connectivity index (χ1) is 33.0. The normalized spacial score (nSPS) is 12.7. The number of fused-ring (bicyclic) bond motifs is 1. The maximum Gasteiger partial charge on any atom is 0.296 e. The van der Waals surface area contributed by atoms with Crippen LogP contribution < -0.4 is 10.5 Å². The lowest BCUT2D eigenvalue weighted by molar-refractivity contribution is -0.434. The zero-order chi connectivity index (χ0) is 51.0.